The molecule has 1 amide bonds. The van der Waals surface area contributed by atoms with E-state index in [2.05, 4.69) is 37.3 Å². The Hall–Kier alpha value is -3.99. The summed E-state index contributed by atoms with van der Waals surface area (Å²) in [6.45, 7) is 3.86. The lowest BCUT2D eigenvalue weighted by atomic mass is 10.1. The molecule has 0 radical (unpaired) electrons. The van der Waals surface area contributed by atoms with Crippen molar-refractivity contribution in [2.45, 2.75) is 50.6 Å². The largest absolute Gasteiger partial charge is 0.447 e. The predicted octanol–water partition coefficient (Wildman–Crippen LogP) is 0.785. The molecule has 2 aliphatic heterocycles. The Labute approximate surface area is 199 Å². The van der Waals surface area contributed by atoms with E-state index in [0.717, 1.165) is 6.21 Å². The number of carbonyl (C=O) groups excluding carboxylic acids is 1. The quantitative estimate of drug-likeness (QED) is 0.155. The summed E-state index contributed by atoms with van der Waals surface area (Å²) in [6, 6.07) is 3.29. The molecular weight excluding hydrogens is 458 g/mol. The van der Waals surface area contributed by atoms with Crippen molar-refractivity contribution >= 4 is 29.1 Å². The number of oxime groups is 1. The van der Waals surface area contributed by atoms with E-state index in [1.807, 2.05) is 0 Å². The van der Waals surface area contributed by atoms with Crippen molar-refractivity contribution in [2.24, 2.45) is 5.16 Å². The van der Waals surface area contributed by atoms with Crippen LogP contribution in [0.4, 0.5) is 5.82 Å². The van der Waals surface area contributed by atoms with Crippen molar-refractivity contribution in [1.82, 2.24) is 24.8 Å². The second kappa shape index (κ2) is 8.99. The van der Waals surface area contributed by atoms with Crippen LogP contribution < -0.4 is 11.1 Å². The van der Waals surface area contributed by atoms with Gasteiger partial charge in [0.15, 0.2) is 35.3 Å². The number of aromatic nitrogens is 4. The summed E-state index contributed by atoms with van der Waals surface area (Å²) in [7, 11) is 0. The third kappa shape index (κ3) is 4.42. The Morgan fingerprint density at radius 2 is 2.14 bits per heavy atom. The van der Waals surface area contributed by atoms with Gasteiger partial charge in [0.1, 0.15) is 36.0 Å². The van der Waals surface area contributed by atoms with Crippen LogP contribution in [0.15, 0.2) is 34.4 Å². The SMILES string of the molecule is CC1(C)O[C@@H]2[C@H](O1)[C@@H](C(=O)NCCC#Cc1ccc(/C=N\O)o1)O[C@H]2n1cnc2c(N)ncnc21. The first-order valence-electron chi connectivity index (χ1n) is 10.8. The number of nitrogens with zero attached hydrogens (tertiary/aromatic N) is 5. The van der Waals surface area contributed by atoms with Crippen LogP contribution in [-0.2, 0) is 19.0 Å². The number of furan rings is 1. The number of anilines is 1. The van der Waals surface area contributed by atoms with Gasteiger partial charge in [-0.15, -0.1) is 0 Å². The standard InChI is InChI=1S/C22H23N7O6/c1-22(2)34-15-16(20(30)24-8-4-3-5-12-6-7-13(32-12)9-28-31)33-21(17(15)35-22)29-11-27-14-18(23)25-10-26-19(14)29/h6-7,9-11,15-17,21,31H,4,8H2,1-2H3,(H,24,30)(H2,23,25,26)/b28-9-/t15-,16+,17-,21-/m1/s1. The number of hydrogen-bond acceptors (Lipinski definition) is 11. The highest BCUT2D eigenvalue weighted by Crippen LogP contribution is 2.43. The van der Waals surface area contributed by atoms with Gasteiger partial charge in [0.05, 0.1) is 6.33 Å². The summed E-state index contributed by atoms with van der Waals surface area (Å²) < 4.78 is 25.2. The second-order valence-corrected chi connectivity index (χ2v) is 8.38. The third-order valence-electron chi connectivity index (χ3n) is 5.52. The van der Waals surface area contributed by atoms with E-state index in [0.29, 0.717) is 35.6 Å². The van der Waals surface area contributed by atoms with Gasteiger partial charge in [-0.1, -0.05) is 11.1 Å². The fraction of sp³-hybridized carbons (Fsp3) is 0.409. The number of nitrogen functional groups attached to an aromatic ring is 1. The lowest BCUT2D eigenvalue weighted by molar-refractivity contribution is -0.197. The van der Waals surface area contributed by atoms with Gasteiger partial charge in [-0.25, -0.2) is 15.0 Å². The molecule has 2 saturated heterocycles. The monoisotopic (exact) mass is 481 g/mol. The Morgan fingerprint density at radius 3 is 2.97 bits per heavy atom. The van der Waals surface area contributed by atoms with E-state index in [1.165, 1.54) is 12.7 Å². The first-order valence-corrected chi connectivity index (χ1v) is 10.8. The van der Waals surface area contributed by atoms with Crippen LogP contribution in [-0.4, -0.2) is 67.5 Å². The average molecular weight is 481 g/mol. The molecule has 0 unspecified atom stereocenters. The maximum absolute atomic E-state index is 13.0. The van der Waals surface area contributed by atoms with Crippen LogP contribution in [0.1, 0.15) is 38.0 Å². The van der Waals surface area contributed by atoms with Crippen molar-refractivity contribution in [3.63, 3.8) is 0 Å². The van der Waals surface area contributed by atoms with Crippen LogP contribution >= 0.6 is 0 Å². The van der Waals surface area contributed by atoms with Crippen molar-refractivity contribution in [1.29, 1.82) is 0 Å². The number of hydrogen-bond donors (Lipinski definition) is 3. The van der Waals surface area contributed by atoms with Gasteiger partial charge in [-0.05, 0) is 31.9 Å². The molecule has 0 saturated carbocycles. The van der Waals surface area contributed by atoms with Crippen LogP contribution in [0.5, 0.6) is 0 Å². The van der Waals surface area contributed by atoms with Gasteiger partial charge >= 0.3 is 0 Å². The third-order valence-corrected chi connectivity index (χ3v) is 5.52. The summed E-state index contributed by atoms with van der Waals surface area (Å²) in [6.07, 6.45) is 1.61. The molecule has 3 aromatic heterocycles. The van der Waals surface area contributed by atoms with Crippen LogP contribution in [0, 0.1) is 11.8 Å². The molecule has 182 valence electrons. The molecule has 5 rings (SSSR count). The molecule has 4 atom stereocenters. The van der Waals surface area contributed by atoms with E-state index < -0.39 is 30.3 Å². The molecule has 0 spiro atoms. The molecule has 13 heteroatoms. The van der Waals surface area contributed by atoms with Gasteiger partial charge in [0.2, 0.25) is 0 Å². The Kier molecular flexibility index (Phi) is 5.85. The van der Waals surface area contributed by atoms with Crippen LogP contribution in [0.2, 0.25) is 0 Å². The molecule has 0 aliphatic carbocycles. The number of amides is 1. The minimum atomic E-state index is -0.915. The number of ether oxygens (including phenoxy) is 3. The smallest absolute Gasteiger partial charge is 0.252 e. The maximum atomic E-state index is 13.0. The highest BCUT2D eigenvalue weighted by Gasteiger charge is 2.58. The van der Waals surface area contributed by atoms with Gasteiger partial charge < -0.3 is 34.9 Å². The van der Waals surface area contributed by atoms with Gasteiger partial charge in [0, 0.05) is 13.0 Å². The lowest BCUT2D eigenvalue weighted by Crippen LogP contribution is -2.43. The first kappa shape index (κ1) is 22.8. The van der Waals surface area contributed by atoms with Gasteiger partial charge in [-0.2, -0.15) is 0 Å². The molecule has 13 nitrogen and oxygen atoms in total. The van der Waals surface area contributed by atoms with E-state index >= 15 is 0 Å². The Morgan fingerprint density at radius 1 is 1.31 bits per heavy atom. The van der Waals surface area contributed by atoms with E-state index in [1.54, 1.807) is 30.5 Å². The summed E-state index contributed by atoms with van der Waals surface area (Å²) in [5, 5.41) is 14.2. The zero-order chi connectivity index (χ0) is 24.6. The molecule has 4 N–H and O–H groups in total. The fourth-order valence-electron chi connectivity index (χ4n) is 4.11. The van der Waals surface area contributed by atoms with E-state index in [-0.39, 0.29) is 11.7 Å². The number of rotatable bonds is 5. The number of nitrogens with two attached hydrogens (primary N) is 1. The number of imidazole rings is 1. The Bertz CT molecular complexity index is 1340. The molecular formula is C22H23N7O6. The summed E-state index contributed by atoms with van der Waals surface area (Å²) >= 11 is 0. The summed E-state index contributed by atoms with van der Waals surface area (Å²) in [5.74, 6) is 5.57. The normalized spacial score (nSPS) is 25.0. The van der Waals surface area contributed by atoms with Crippen molar-refractivity contribution in [3.8, 4) is 11.8 Å². The highest BCUT2D eigenvalue weighted by atomic mass is 16.8. The minimum Gasteiger partial charge on any atom is -0.447 e. The van der Waals surface area contributed by atoms with Crippen molar-refractivity contribution in [2.75, 3.05) is 12.3 Å². The van der Waals surface area contributed by atoms with E-state index in [4.69, 9.17) is 29.6 Å². The number of fused-ring (bicyclic) bond motifs is 2. The van der Waals surface area contributed by atoms with Gasteiger partial charge in [0.25, 0.3) is 5.91 Å². The maximum Gasteiger partial charge on any atom is 0.252 e. The lowest BCUT2D eigenvalue weighted by Gasteiger charge is -2.24. The Balaban J connectivity index is 1.26. The molecule has 3 aromatic rings. The van der Waals surface area contributed by atoms with Crippen molar-refractivity contribution < 1.29 is 28.6 Å². The molecule has 0 aromatic carbocycles. The molecule has 5 heterocycles. The first-order chi connectivity index (χ1) is 16.9. The zero-order valence-electron chi connectivity index (χ0n) is 18.9. The predicted molar refractivity (Wildman–Crippen MR) is 120 cm³/mol. The topological polar surface area (TPSA) is 172 Å². The van der Waals surface area contributed by atoms with E-state index in [9.17, 15) is 4.79 Å². The molecule has 2 fully saturated rings. The summed E-state index contributed by atoms with van der Waals surface area (Å²) in [5.41, 5.74) is 6.81. The van der Waals surface area contributed by atoms with Crippen LogP contribution in [0.25, 0.3) is 11.2 Å². The highest BCUT2D eigenvalue weighted by molar-refractivity contribution is 5.83. The second-order valence-electron chi connectivity index (χ2n) is 8.38. The van der Waals surface area contributed by atoms with Gasteiger partial charge in [-0.3, -0.25) is 9.36 Å². The fourth-order valence-corrected chi connectivity index (χ4v) is 4.11. The number of nitrogens with one attached hydrogen (secondary N) is 1. The molecule has 35 heavy (non-hydrogen) atoms. The molecule has 2 aliphatic rings. The van der Waals surface area contributed by atoms with Crippen molar-refractivity contribution in [3.05, 3.63) is 36.3 Å². The van der Waals surface area contributed by atoms with Crippen LogP contribution in [0.3, 0.4) is 0 Å². The minimum absolute atomic E-state index is 0.245. The summed E-state index contributed by atoms with van der Waals surface area (Å²) in [4.78, 5) is 25.5. The average Bonchev–Trinajstić information content (AvgIpc) is 3.57. The number of carbonyl (C=O) groups is 1. The molecule has 0 bridgehead atoms. The zero-order valence-corrected chi connectivity index (χ0v) is 18.9.